The van der Waals surface area contributed by atoms with Gasteiger partial charge in [0.05, 0.1) is 12.0 Å². The third-order valence-corrected chi connectivity index (χ3v) is 2.01. The smallest absolute Gasteiger partial charge is 0.327 e. The van der Waals surface area contributed by atoms with Gasteiger partial charge in [0.1, 0.15) is 6.04 Å². The molecular weight excluding hydrogens is 216 g/mol. The summed E-state index contributed by atoms with van der Waals surface area (Å²) in [5, 5.41) is 19.7. The van der Waals surface area contributed by atoms with Crippen LogP contribution in [0.4, 0.5) is 5.69 Å². The molecule has 0 bridgehead atoms. The van der Waals surface area contributed by atoms with Crippen molar-refractivity contribution in [3.05, 3.63) is 33.9 Å². The van der Waals surface area contributed by atoms with Gasteiger partial charge < -0.3 is 15.6 Å². The van der Waals surface area contributed by atoms with Crippen LogP contribution in [0.2, 0.25) is 0 Å². The van der Waals surface area contributed by atoms with E-state index in [9.17, 15) is 20.0 Å². The van der Waals surface area contributed by atoms with E-state index in [0.29, 0.717) is 0 Å². The summed E-state index contributed by atoms with van der Waals surface area (Å²) in [4.78, 5) is 20.9. The normalized spacial score (nSPS) is 11.9. The minimum absolute atomic E-state index is 0.205. The van der Waals surface area contributed by atoms with Gasteiger partial charge in [-0.3, -0.25) is 14.9 Å². The molecule has 0 radical (unpaired) electrons. The molecule has 1 atom stereocenters. The summed E-state index contributed by atoms with van der Waals surface area (Å²) < 4.78 is 4.40. The molecule has 1 unspecified atom stereocenters. The van der Waals surface area contributed by atoms with Crippen molar-refractivity contribution in [2.45, 2.75) is 6.04 Å². The second-order valence-corrected chi connectivity index (χ2v) is 3.01. The number of phenolic OH excluding ortho intramolecular Hbond substituents is 1. The third kappa shape index (κ3) is 2.26. The van der Waals surface area contributed by atoms with Gasteiger partial charge >= 0.3 is 11.7 Å². The minimum Gasteiger partial charge on any atom is -0.502 e. The number of nitrogens with two attached hydrogens (primary N) is 1. The van der Waals surface area contributed by atoms with Crippen LogP contribution in [-0.2, 0) is 9.53 Å². The molecule has 1 rings (SSSR count). The van der Waals surface area contributed by atoms with Crippen LogP contribution in [0, 0.1) is 10.1 Å². The Bertz CT molecular complexity index is 432. The van der Waals surface area contributed by atoms with E-state index in [1.165, 1.54) is 6.07 Å². The van der Waals surface area contributed by atoms with Crippen LogP contribution in [0.15, 0.2) is 18.2 Å². The van der Waals surface area contributed by atoms with Crippen molar-refractivity contribution in [3.8, 4) is 5.75 Å². The monoisotopic (exact) mass is 226 g/mol. The van der Waals surface area contributed by atoms with Gasteiger partial charge in [-0.1, -0.05) is 6.07 Å². The maximum absolute atomic E-state index is 11.1. The number of esters is 1. The number of ether oxygens (including phenoxy) is 1. The van der Waals surface area contributed by atoms with Crippen LogP contribution < -0.4 is 5.73 Å². The zero-order valence-electron chi connectivity index (χ0n) is 8.41. The summed E-state index contributed by atoms with van der Waals surface area (Å²) in [6, 6.07) is 2.36. The Labute approximate surface area is 90.6 Å². The van der Waals surface area contributed by atoms with Gasteiger partial charge in [-0.25, -0.2) is 0 Å². The van der Waals surface area contributed by atoms with Crippen LogP contribution in [0.25, 0.3) is 0 Å². The van der Waals surface area contributed by atoms with E-state index in [0.717, 1.165) is 19.2 Å². The van der Waals surface area contributed by atoms with Crippen LogP contribution in [0.1, 0.15) is 11.6 Å². The highest BCUT2D eigenvalue weighted by molar-refractivity contribution is 5.77. The van der Waals surface area contributed by atoms with E-state index in [2.05, 4.69) is 4.74 Å². The van der Waals surface area contributed by atoms with Gasteiger partial charge in [-0.15, -0.1) is 0 Å². The number of hydrogen-bond donors (Lipinski definition) is 2. The summed E-state index contributed by atoms with van der Waals surface area (Å²) in [6.07, 6.45) is 0. The molecular formula is C9H10N2O5. The van der Waals surface area contributed by atoms with Crippen LogP contribution >= 0.6 is 0 Å². The zero-order valence-corrected chi connectivity index (χ0v) is 8.41. The molecule has 1 aromatic carbocycles. The first-order chi connectivity index (χ1) is 7.47. The van der Waals surface area contributed by atoms with Crippen LogP contribution in [0.3, 0.4) is 0 Å². The molecule has 86 valence electrons. The Morgan fingerprint density at radius 3 is 2.75 bits per heavy atom. The molecule has 0 aliphatic carbocycles. The number of benzene rings is 1. The molecule has 16 heavy (non-hydrogen) atoms. The topological polar surface area (TPSA) is 116 Å². The molecule has 0 saturated heterocycles. The molecule has 0 fully saturated rings. The number of carbonyl (C=O) groups is 1. The van der Waals surface area contributed by atoms with Crippen molar-refractivity contribution in [3.63, 3.8) is 0 Å². The fourth-order valence-electron chi connectivity index (χ4n) is 1.14. The predicted molar refractivity (Wildman–Crippen MR) is 53.7 cm³/mol. The van der Waals surface area contributed by atoms with Crippen LogP contribution in [-0.4, -0.2) is 23.1 Å². The average molecular weight is 226 g/mol. The number of rotatable bonds is 3. The number of phenols is 1. The van der Waals surface area contributed by atoms with Crippen molar-refractivity contribution in [2.24, 2.45) is 5.73 Å². The number of nitro benzene ring substituents is 1. The summed E-state index contributed by atoms with van der Waals surface area (Å²) in [5.41, 5.74) is 5.19. The molecule has 0 saturated carbocycles. The summed E-state index contributed by atoms with van der Waals surface area (Å²) >= 11 is 0. The number of methoxy groups -OCH3 is 1. The van der Waals surface area contributed by atoms with Gasteiger partial charge in [-0.2, -0.15) is 0 Å². The molecule has 0 aliphatic heterocycles. The van der Waals surface area contributed by atoms with Crippen molar-refractivity contribution in [1.82, 2.24) is 0 Å². The molecule has 7 heteroatoms. The number of aromatic hydroxyl groups is 1. The van der Waals surface area contributed by atoms with E-state index in [4.69, 9.17) is 5.73 Å². The van der Waals surface area contributed by atoms with Gasteiger partial charge in [-0.05, 0) is 11.6 Å². The summed E-state index contributed by atoms with van der Waals surface area (Å²) in [5.74, 6) is -1.19. The lowest BCUT2D eigenvalue weighted by molar-refractivity contribution is -0.385. The Kier molecular flexibility index (Phi) is 3.41. The molecule has 0 spiro atoms. The SMILES string of the molecule is COC(=O)C(N)c1ccc(O)c([N+](=O)[O-])c1. The second kappa shape index (κ2) is 4.58. The van der Waals surface area contributed by atoms with Crippen molar-refractivity contribution < 1.29 is 19.6 Å². The molecule has 0 aromatic heterocycles. The second-order valence-electron chi connectivity index (χ2n) is 3.01. The fraction of sp³-hybridized carbons (Fsp3) is 0.222. The first-order valence-electron chi connectivity index (χ1n) is 4.28. The Balaban J connectivity index is 3.12. The van der Waals surface area contributed by atoms with E-state index >= 15 is 0 Å². The molecule has 0 heterocycles. The largest absolute Gasteiger partial charge is 0.502 e. The molecule has 1 aromatic rings. The number of nitro groups is 1. The van der Waals surface area contributed by atoms with Gasteiger partial charge in [0.25, 0.3) is 0 Å². The Morgan fingerprint density at radius 1 is 1.62 bits per heavy atom. The number of carbonyl (C=O) groups excluding carboxylic acids is 1. The number of hydrogen-bond acceptors (Lipinski definition) is 6. The predicted octanol–water partition coefficient (Wildman–Crippen LogP) is 0.473. The van der Waals surface area contributed by atoms with Gasteiger partial charge in [0.15, 0.2) is 5.75 Å². The zero-order chi connectivity index (χ0) is 12.3. The first kappa shape index (κ1) is 11.9. The highest BCUT2D eigenvalue weighted by Crippen LogP contribution is 2.28. The van der Waals surface area contributed by atoms with Gasteiger partial charge in [0.2, 0.25) is 0 Å². The highest BCUT2D eigenvalue weighted by atomic mass is 16.6. The fourth-order valence-corrected chi connectivity index (χ4v) is 1.14. The highest BCUT2D eigenvalue weighted by Gasteiger charge is 2.21. The first-order valence-corrected chi connectivity index (χ1v) is 4.28. The lowest BCUT2D eigenvalue weighted by Crippen LogP contribution is -2.22. The van der Waals surface area contributed by atoms with E-state index in [-0.39, 0.29) is 5.56 Å². The maximum atomic E-state index is 11.1. The Morgan fingerprint density at radius 2 is 2.25 bits per heavy atom. The van der Waals surface area contributed by atoms with Crippen molar-refractivity contribution in [2.75, 3.05) is 7.11 Å². The molecule has 3 N–H and O–H groups in total. The standard InChI is InChI=1S/C9H10N2O5/c1-16-9(13)8(10)5-2-3-7(12)6(4-5)11(14)15/h2-4,8,12H,10H2,1H3. The van der Waals surface area contributed by atoms with E-state index in [1.54, 1.807) is 0 Å². The molecule has 0 aliphatic rings. The third-order valence-electron chi connectivity index (χ3n) is 2.01. The minimum atomic E-state index is -1.11. The Hall–Kier alpha value is -2.15. The van der Waals surface area contributed by atoms with Crippen molar-refractivity contribution >= 4 is 11.7 Å². The molecule has 7 nitrogen and oxygen atoms in total. The van der Waals surface area contributed by atoms with Crippen molar-refractivity contribution in [1.29, 1.82) is 0 Å². The maximum Gasteiger partial charge on any atom is 0.327 e. The quantitative estimate of drug-likeness (QED) is 0.439. The number of nitrogens with zero attached hydrogens (tertiary/aromatic N) is 1. The lowest BCUT2D eigenvalue weighted by atomic mass is 10.1. The lowest BCUT2D eigenvalue weighted by Gasteiger charge is -2.09. The average Bonchev–Trinajstić information content (AvgIpc) is 2.27. The van der Waals surface area contributed by atoms with E-state index in [1.807, 2.05) is 0 Å². The summed E-state index contributed by atoms with van der Waals surface area (Å²) in [7, 11) is 1.16. The van der Waals surface area contributed by atoms with Gasteiger partial charge in [0, 0.05) is 6.07 Å². The van der Waals surface area contributed by atoms with E-state index < -0.39 is 28.4 Å². The van der Waals surface area contributed by atoms with Crippen LogP contribution in [0.5, 0.6) is 5.75 Å². The summed E-state index contributed by atoms with van der Waals surface area (Å²) in [6.45, 7) is 0. The molecule has 0 amide bonds.